The highest BCUT2D eigenvalue weighted by Crippen LogP contribution is 2.17. The predicted molar refractivity (Wildman–Crippen MR) is 77.2 cm³/mol. The van der Waals surface area contributed by atoms with E-state index in [9.17, 15) is 8.78 Å². The third-order valence-electron chi connectivity index (χ3n) is 3.32. The molecule has 1 aliphatic heterocycles. The van der Waals surface area contributed by atoms with E-state index in [1.54, 1.807) is 0 Å². The van der Waals surface area contributed by atoms with Crippen molar-refractivity contribution in [3.63, 3.8) is 0 Å². The summed E-state index contributed by atoms with van der Waals surface area (Å²) in [5, 5.41) is 3.39. The lowest BCUT2D eigenvalue weighted by molar-refractivity contribution is 0.366. The molecule has 1 N–H and O–H groups in total. The second kappa shape index (κ2) is 6.80. The van der Waals surface area contributed by atoms with Gasteiger partial charge in [-0.25, -0.2) is 8.78 Å². The molecule has 104 valence electrons. The van der Waals surface area contributed by atoms with Crippen LogP contribution in [0.5, 0.6) is 0 Å². The van der Waals surface area contributed by atoms with Crippen molar-refractivity contribution in [3.05, 3.63) is 29.8 Å². The highest BCUT2D eigenvalue weighted by atomic mass is 32.1. The Bertz CT molecular complexity index is 443. The van der Waals surface area contributed by atoms with Crippen LogP contribution in [0.3, 0.4) is 0 Å². The van der Waals surface area contributed by atoms with Gasteiger partial charge in [-0.05, 0) is 37.2 Å². The van der Waals surface area contributed by atoms with Gasteiger partial charge in [-0.15, -0.1) is 0 Å². The first-order valence-electron chi connectivity index (χ1n) is 6.68. The van der Waals surface area contributed by atoms with E-state index in [2.05, 4.69) is 10.2 Å². The number of anilines is 1. The van der Waals surface area contributed by atoms with Gasteiger partial charge in [0.05, 0.1) is 5.69 Å². The number of hydrogen-bond donors (Lipinski definition) is 1. The summed E-state index contributed by atoms with van der Waals surface area (Å²) >= 11 is 5.31. The van der Waals surface area contributed by atoms with Crippen molar-refractivity contribution in [3.8, 4) is 0 Å². The average Bonchev–Trinajstić information content (AvgIpc) is 2.32. The lowest BCUT2D eigenvalue weighted by Crippen LogP contribution is -2.37. The molecule has 0 atom stereocenters. The summed E-state index contributed by atoms with van der Waals surface area (Å²) in [6.45, 7) is 1.79. The molecule has 0 amide bonds. The van der Waals surface area contributed by atoms with Crippen molar-refractivity contribution >= 4 is 23.0 Å². The number of halogens is 2. The monoisotopic (exact) mass is 284 g/mol. The molecular weight excluding hydrogens is 266 g/mol. The Labute approximate surface area is 117 Å². The third kappa shape index (κ3) is 4.13. The Kier molecular flexibility index (Phi) is 5.07. The molecule has 5 heteroatoms. The van der Waals surface area contributed by atoms with Gasteiger partial charge in [0.25, 0.3) is 0 Å². The molecule has 19 heavy (non-hydrogen) atoms. The summed E-state index contributed by atoms with van der Waals surface area (Å²) in [7, 11) is 0. The Morgan fingerprint density at radius 1 is 1.05 bits per heavy atom. The molecular formula is C14H18F2N2S. The van der Waals surface area contributed by atoms with Gasteiger partial charge in [0.2, 0.25) is 0 Å². The van der Waals surface area contributed by atoms with Gasteiger partial charge in [0, 0.05) is 19.2 Å². The fraction of sp³-hybridized carbons (Fsp3) is 0.500. The van der Waals surface area contributed by atoms with Crippen molar-refractivity contribution in [1.29, 1.82) is 0 Å². The van der Waals surface area contributed by atoms with Crippen LogP contribution in [-0.2, 0) is 0 Å². The predicted octanol–water partition coefficient (Wildman–Crippen LogP) is 3.93. The average molecular weight is 284 g/mol. The molecule has 2 rings (SSSR count). The van der Waals surface area contributed by atoms with Gasteiger partial charge < -0.3 is 10.2 Å². The summed E-state index contributed by atoms with van der Waals surface area (Å²) in [5.74, 6) is -1.20. The van der Waals surface area contributed by atoms with Gasteiger partial charge >= 0.3 is 0 Å². The first-order valence-corrected chi connectivity index (χ1v) is 7.08. The van der Waals surface area contributed by atoms with Gasteiger partial charge in [0.15, 0.2) is 5.11 Å². The van der Waals surface area contributed by atoms with E-state index < -0.39 is 11.6 Å². The summed E-state index contributed by atoms with van der Waals surface area (Å²) in [5.41, 5.74) is 0.230. The molecule has 0 spiro atoms. The zero-order valence-corrected chi connectivity index (χ0v) is 11.6. The molecule has 2 nitrogen and oxygen atoms in total. The van der Waals surface area contributed by atoms with Gasteiger partial charge in [-0.3, -0.25) is 0 Å². The maximum absolute atomic E-state index is 13.5. The maximum Gasteiger partial charge on any atom is 0.173 e. The molecule has 0 saturated carbocycles. The van der Waals surface area contributed by atoms with E-state index in [-0.39, 0.29) is 5.69 Å². The summed E-state index contributed by atoms with van der Waals surface area (Å²) in [4.78, 5) is 2.07. The lowest BCUT2D eigenvalue weighted by atomic mass is 10.1. The number of likely N-dealkylation sites (tertiary alicyclic amines) is 1. The van der Waals surface area contributed by atoms with E-state index in [0.717, 1.165) is 32.0 Å². The van der Waals surface area contributed by atoms with Crippen molar-refractivity contribution in [2.45, 2.75) is 32.1 Å². The number of benzene rings is 1. The molecule has 0 aliphatic carbocycles. The second-order valence-corrected chi connectivity index (χ2v) is 5.20. The number of nitrogens with one attached hydrogen (secondary N) is 1. The number of nitrogens with zero attached hydrogens (tertiary/aromatic N) is 1. The topological polar surface area (TPSA) is 15.3 Å². The van der Waals surface area contributed by atoms with Gasteiger partial charge in [-0.1, -0.05) is 19.3 Å². The summed E-state index contributed by atoms with van der Waals surface area (Å²) in [6.07, 6.45) is 5.91. The van der Waals surface area contributed by atoms with Crippen LogP contribution >= 0.6 is 12.2 Å². The summed E-state index contributed by atoms with van der Waals surface area (Å²) in [6, 6.07) is 3.46. The molecule has 0 bridgehead atoms. The largest absolute Gasteiger partial charge is 0.349 e. The van der Waals surface area contributed by atoms with Crippen molar-refractivity contribution < 1.29 is 8.78 Å². The van der Waals surface area contributed by atoms with Crippen LogP contribution in [0.15, 0.2) is 18.2 Å². The Balaban J connectivity index is 1.98. The highest BCUT2D eigenvalue weighted by molar-refractivity contribution is 7.80. The minimum atomic E-state index is -0.616. The Morgan fingerprint density at radius 2 is 1.68 bits per heavy atom. The smallest absolute Gasteiger partial charge is 0.173 e. The van der Waals surface area contributed by atoms with Crippen LogP contribution in [0.25, 0.3) is 0 Å². The third-order valence-corrected chi connectivity index (χ3v) is 3.68. The quantitative estimate of drug-likeness (QED) is 0.787. The first kappa shape index (κ1) is 14.2. The minimum absolute atomic E-state index is 0.230. The van der Waals surface area contributed by atoms with Crippen LogP contribution in [0.2, 0.25) is 0 Å². The van der Waals surface area contributed by atoms with E-state index >= 15 is 0 Å². The lowest BCUT2D eigenvalue weighted by Gasteiger charge is -2.27. The maximum atomic E-state index is 13.5. The van der Waals surface area contributed by atoms with Crippen molar-refractivity contribution in [1.82, 2.24) is 4.90 Å². The van der Waals surface area contributed by atoms with E-state index in [4.69, 9.17) is 12.2 Å². The van der Waals surface area contributed by atoms with E-state index in [1.807, 2.05) is 0 Å². The second-order valence-electron chi connectivity index (χ2n) is 4.81. The van der Waals surface area contributed by atoms with Crippen LogP contribution < -0.4 is 5.32 Å². The Morgan fingerprint density at radius 3 is 2.32 bits per heavy atom. The van der Waals surface area contributed by atoms with Crippen LogP contribution in [0, 0.1) is 11.6 Å². The fourth-order valence-electron chi connectivity index (χ4n) is 2.24. The first-order chi connectivity index (χ1) is 9.16. The van der Waals surface area contributed by atoms with Crippen LogP contribution in [0.4, 0.5) is 14.5 Å². The highest BCUT2D eigenvalue weighted by Gasteiger charge is 2.13. The van der Waals surface area contributed by atoms with E-state index in [0.29, 0.717) is 5.11 Å². The standard InChI is InChI=1S/C14H18F2N2S/c15-11-6-7-13(12(16)10-11)17-14(19)18-8-4-2-1-3-5-9-18/h6-7,10H,1-5,8-9H2,(H,17,19). The molecule has 1 aliphatic rings. The molecule has 1 saturated heterocycles. The SMILES string of the molecule is Fc1ccc(NC(=S)N2CCCCCCC2)c(F)c1. The summed E-state index contributed by atoms with van der Waals surface area (Å²) < 4.78 is 26.4. The van der Waals surface area contributed by atoms with Gasteiger partial charge in [0.1, 0.15) is 11.6 Å². The normalized spacial score (nSPS) is 16.6. The van der Waals surface area contributed by atoms with Gasteiger partial charge in [-0.2, -0.15) is 0 Å². The molecule has 1 fully saturated rings. The zero-order chi connectivity index (χ0) is 13.7. The molecule has 0 unspecified atom stereocenters. The number of rotatable bonds is 1. The molecule has 0 radical (unpaired) electrons. The molecule has 1 aromatic rings. The van der Waals surface area contributed by atoms with Crippen LogP contribution in [0.1, 0.15) is 32.1 Å². The van der Waals surface area contributed by atoms with Crippen molar-refractivity contribution in [2.24, 2.45) is 0 Å². The Hall–Kier alpha value is -1.23. The van der Waals surface area contributed by atoms with Crippen LogP contribution in [-0.4, -0.2) is 23.1 Å². The fourth-order valence-corrected chi connectivity index (χ4v) is 2.53. The molecule has 1 heterocycles. The number of thiocarbonyl (C=S) groups is 1. The minimum Gasteiger partial charge on any atom is -0.349 e. The van der Waals surface area contributed by atoms with E-state index in [1.165, 1.54) is 31.4 Å². The van der Waals surface area contributed by atoms with Crippen molar-refractivity contribution in [2.75, 3.05) is 18.4 Å². The molecule has 1 aromatic carbocycles. The number of hydrogen-bond acceptors (Lipinski definition) is 1. The molecule has 0 aromatic heterocycles. The zero-order valence-electron chi connectivity index (χ0n) is 10.8.